The largest absolute Gasteiger partial charge is 0.416 e. The number of anilines is 1. The van der Waals surface area contributed by atoms with Gasteiger partial charge in [0.05, 0.1) is 5.56 Å². The third-order valence-electron chi connectivity index (χ3n) is 3.77. The van der Waals surface area contributed by atoms with E-state index < -0.39 is 11.7 Å². The highest BCUT2D eigenvalue weighted by atomic mass is 32.1. The number of halogens is 3. The van der Waals surface area contributed by atoms with Gasteiger partial charge in [-0.05, 0) is 24.5 Å². The van der Waals surface area contributed by atoms with E-state index in [-0.39, 0.29) is 11.7 Å². The van der Waals surface area contributed by atoms with Gasteiger partial charge in [-0.2, -0.15) is 13.2 Å². The van der Waals surface area contributed by atoms with Gasteiger partial charge in [0.25, 0.3) is 5.91 Å². The number of hydrogen-bond acceptors (Lipinski definition) is 5. The van der Waals surface area contributed by atoms with Crippen LogP contribution in [-0.2, 0) is 17.4 Å². The summed E-state index contributed by atoms with van der Waals surface area (Å²) in [4.78, 5) is 21.3. The van der Waals surface area contributed by atoms with Gasteiger partial charge in [-0.3, -0.25) is 15.1 Å². The summed E-state index contributed by atoms with van der Waals surface area (Å²) in [5, 5.41) is 6.05. The molecule has 26 heavy (non-hydrogen) atoms. The van der Waals surface area contributed by atoms with Crippen LogP contribution in [0.1, 0.15) is 28.8 Å². The number of aliphatic imine (C=N–C) groups is 1. The molecule has 2 heterocycles. The molecule has 0 aliphatic carbocycles. The standard InChI is InChI=1S/C17H17F3N4OS/c18-17(19,20)12-5-3-4-11(8-12)9-13-10-23-16(26-13)24-15(25)14-21-6-1-2-7-22-14/h3-5,8,10H,1-2,6-7,9H2,(H,21,22)(H,23,24,25). The lowest BCUT2D eigenvalue weighted by Crippen LogP contribution is -2.35. The minimum absolute atomic E-state index is 0.289. The minimum atomic E-state index is -4.37. The third-order valence-corrected chi connectivity index (χ3v) is 4.68. The van der Waals surface area contributed by atoms with E-state index in [4.69, 9.17) is 0 Å². The zero-order valence-electron chi connectivity index (χ0n) is 13.8. The van der Waals surface area contributed by atoms with Gasteiger partial charge in [-0.1, -0.05) is 18.2 Å². The highest BCUT2D eigenvalue weighted by Crippen LogP contribution is 2.30. The normalized spacial score (nSPS) is 15.0. The Kier molecular flexibility index (Phi) is 5.55. The lowest BCUT2D eigenvalue weighted by molar-refractivity contribution is -0.137. The molecule has 138 valence electrons. The van der Waals surface area contributed by atoms with E-state index in [1.54, 1.807) is 12.3 Å². The summed E-state index contributed by atoms with van der Waals surface area (Å²) in [6.07, 6.45) is -0.602. The average molecular weight is 382 g/mol. The van der Waals surface area contributed by atoms with Crippen LogP contribution in [0.4, 0.5) is 18.3 Å². The molecule has 1 aromatic carbocycles. The Morgan fingerprint density at radius 3 is 2.96 bits per heavy atom. The van der Waals surface area contributed by atoms with Crippen molar-refractivity contribution < 1.29 is 18.0 Å². The second-order valence-corrected chi connectivity index (χ2v) is 6.94. The highest BCUT2D eigenvalue weighted by molar-refractivity contribution is 7.15. The number of alkyl halides is 3. The molecule has 0 fully saturated rings. The number of benzene rings is 1. The summed E-state index contributed by atoms with van der Waals surface area (Å²) in [6, 6.07) is 5.19. The van der Waals surface area contributed by atoms with Gasteiger partial charge in [0.15, 0.2) is 11.0 Å². The van der Waals surface area contributed by atoms with Crippen molar-refractivity contribution in [3.8, 4) is 0 Å². The first kappa shape index (κ1) is 18.4. The fourth-order valence-electron chi connectivity index (χ4n) is 2.50. The van der Waals surface area contributed by atoms with Crippen LogP contribution >= 0.6 is 11.3 Å². The monoisotopic (exact) mass is 382 g/mol. The quantitative estimate of drug-likeness (QED) is 0.851. The van der Waals surface area contributed by atoms with Crippen molar-refractivity contribution in [1.29, 1.82) is 0 Å². The van der Waals surface area contributed by atoms with E-state index in [0.717, 1.165) is 29.9 Å². The summed E-state index contributed by atoms with van der Waals surface area (Å²) in [5.41, 5.74) is -0.137. The van der Waals surface area contributed by atoms with E-state index in [9.17, 15) is 18.0 Å². The Labute approximate surface area is 152 Å². The summed E-state index contributed by atoms with van der Waals surface area (Å²) in [5.74, 6) is -0.0657. The molecule has 0 saturated heterocycles. The van der Waals surface area contributed by atoms with Crippen molar-refractivity contribution in [2.24, 2.45) is 4.99 Å². The molecule has 1 aliphatic heterocycles. The molecule has 2 N–H and O–H groups in total. The minimum Gasteiger partial charge on any atom is -0.366 e. The van der Waals surface area contributed by atoms with Crippen LogP contribution in [-0.4, -0.2) is 29.8 Å². The maximum Gasteiger partial charge on any atom is 0.416 e. The molecule has 0 saturated carbocycles. The topological polar surface area (TPSA) is 66.4 Å². The molecule has 3 rings (SSSR count). The number of carbonyl (C=O) groups is 1. The second kappa shape index (κ2) is 7.86. The number of amidine groups is 1. The van der Waals surface area contributed by atoms with E-state index >= 15 is 0 Å². The molecule has 0 atom stereocenters. The molecule has 0 radical (unpaired) electrons. The average Bonchev–Trinajstić information content (AvgIpc) is 2.85. The Balaban J connectivity index is 1.65. The van der Waals surface area contributed by atoms with Crippen LogP contribution in [0.15, 0.2) is 35.5 Å². The van der Waals surface area contributed by atoms with E-state index in [1.807, 2.05) is 0 Å². The SMILES string of the molecule is O=C(Nc1ncc(Cc2cccc(C(F)(F)F)c2)s1)C1=NCCCCN1. The molecule has 0 bridgehead atoms. The van der Waals surface area contributed by atoms with Gasteiger partial charge in [-0.25, -0.2) is 4.98 Å². The van der Waals surface area contributed by atoms with Crippen molar-refractivity contribution in [2.75, 3.05) is 18.4 Å². The lowest BCUT2D eigenvalue weighted by atomic mass is 10.1. The van der Waals surface area contributed by atoms with Crippen LogP contribution < -0.4 is 10.6 Å². The molecular formula is C17H17F3N4OS. The molecule has 0 spiro atoms. The molecule has 5 nitrogen and oxygen atoms in total. The first-order valence-electron chi connectivity index (χ1n) is 8.12. The van der Waals surface area contributed by atoms with Crippen molar-refractivity contribution in [3.63, 3.8) is 0 Å². The van der Waals surface area contributed by atoms with E-state index in [0.29, 0.717) is 30.2 Å². The first-order chi connectivity index (χ1) is 12.4. The predicted molar refractivity (Wildman–Crippen MR) is 94.5 cm³/mol. The molecule has 0 unspecified atom stereocenters. The molecule has 9 heteroatoms. The van der Waals surface area contributed by atoms with Crippen molar-refractivity contribution in [2.45, 2.75) is 25.4 Å². The Bertz CT molecular complexity index is 816. The van der Waals surface area contributed by atoms with Gasteiger partial charge in [0.2, 0.25) is 0 Å². The van der Waals surface area contributed by atoms with Gasteiger partial charge >= 0.3 is 6.18 Å². The van der Waals surface area contributed by atoms with Crippen molar-refractivity contribution in [1.82, 2.24) is 10.3 Å². The van der Waals surface area contributed by atoms with Crippen molar-refractivity contribution in [3.05, 3.63) is 46.5 Å². The van der Waals surface area contributed by atoms with Gasteiger partial charge in [0.1, 0.15) is 0 Å². The third kappa shape index (κ3) is 4.81. The zero-order valence-corrected chi connectivity index (χ0v) is 14.6. The van der Waals surface area contributed by atoms with Gasteiger partial charge in [0, 0.05) is 30.6 Å². The Morgan fingerprint density at radius 1 is 1.31 bits per heavy atom. The molecule has 1 aromatic heterocycles. The number of nitrogens with one attached hydrogen (secondary N) is 2. The number of carbonyl (C=O) groups excluding carboxylic acids is 1. The first-order valence-corrected chi connectivity index (χ1v) is 8.94. The molecule has 1 aliphatic rings. The number of thiazole rings is 1. The van der Waals surface area contributed by atoms with Gasteiger partial charge < -0.3 is 5.32 Å². The Hall–Kier alpha value is -2.42. The van der Waals surface area contributed by atoms with Gasteiger partial charge in [-0.15, -0.1) is 11.3 Å². The molecule has 1 amide bonds. The number of rotatable bonds is 4. The molecular weight excluding hydrogens is 365 g/mol. The smallest absolute Gasteiger partial charge is 0.366 e. The number of aromatic nitrogens is 1. The summed E-state index contributed by atoms with van der Waals surface area (Å²) >= 11 is 1.23. The molecule has 2 aromatic rings. The maximum atomic E-state index is 12.8. The van der Waals surface area contributed by atoms with Crippen LogP contribution in [0.5, 0.6) is 0 Å². The van der Waals surface area contributed by atoms with E-state index in [1.165, 1.54) is 17.4 Å². The number of nitrogens with zero attached hydrogens (tertiary/aromatic N) is 2. The fraction of sp³-hybridized carbons (Fsp3) is 0.353. The number of hydrogen-bond donors (Lipinski definition) is 2. The lowest BCUT2D eigenvalue weighted by Gasteiger charge is -2.08. The predicted octanol–water partition coefficient (Wildman–Crippen LogP) is 3.47. The van der Waals surface area contributed by atoms with Crippen LogP contribution in [0.25, 0.3) is 0 Å². The van der Waals surface area contributed by atoms with E-state index in [2.05, 4.69) is 20.6 Å². The maximum absolute atomic E-state index is 12.8. The van der Waals surface area contributed by atoms with Crippen molar-refractivity contribution >= 4 is 28.2 Å². The Morgan fingerprint density at radius 2 is 2.15 bits per heavy atom. The second-order valence-electron chi connectivity index (χ2n) is 5.82. The fourth-order valence-corrected chi connectivity index (χ4v) is 3.35. The van der Waals surface area contributed by atoms with Crippen LogP contribution in [0.3, 0.4) is 0 Å². The summed E-state index contributed by atoms with van der Waals surface area (Å²) in [7, 11) is 0. The van der Waals surface area contributed by atoms with Crippen LogP contribution in [0, 0.1) is 0 Å². The number of amides is 1. The zero-order chi connectivity index (χ0) is 18.6. The summed E-state index contributed by atoms with van der Waals surface area (Å²) in [6.45, 7) is 1.30. The summed E-state index contributed by atoms with van der Waals surface area (Å²) < 4.78 is 38.4. The highest BCUT2D eigenvalue weighted by Gasteiger charge is 2.30. The van der Waals surface area contributed by atoms with Crippen LogP contribution in [0.2, 0.25) is 0 Å².